The first-order valence-corrected chi connectivity index (χ1v) is 9.05. The molecule has 0 unspecified atom stereocenters. The minimum atomic E-state index is -1.74. The zero-order valence-electron chi connectivity index (χ0n) is 15.7. The Morgan fingerprint density at radius 3 is 2.32 bits per heavy atom. The molecule has 4 atom stereocenters. The molecule has 164 valence electrons. The third-order valence-electron chi connectivity index (χ3n) is 4.83. The fourth-order valence-electron chi connectivity index (χ4n) is 3.26. The van der Waals surface area contributed by atoms with Crippen molar-refractivity contribution in [2.24, 2.45) is 0 Å². The zero-order valence-corrected chi connectivity index (χ0v) is 15.7. The summed E-state index contributed by atoms with van der Waals surface area (Å²) >= 11 is 0. The molecule has 31 heavy (non-hydrogen) atoms. The number of aliphatic hydroxyl groups is 3. The minimum absolute atomic E-state index is 0.0967. The third-order valence-corrected chi connectivity index (χ3v) is 4.83. The molecule has 1 aliphatic heterocycles. The van der Waals surface area contributed by atoms with Crippen molar-refractivity contribution in [3.63, 3.8) is 0 Å². The number of phenolic OH excluding ortho intramolecular Hbond substituents is 4. The first kappa shape index (κ1) is 20.8. The lowest BCUT2D eigenvalue weighted by Crippen LogP contribution is -2.55. The molecule has 3 aromatic rings. The van der Waals surface area contributed by atoms with E-state index in [2.05, 4.69) is 0 Å². The van der Waals surface area contributed by atoms with E-state index in [-0.39, 0.29) is 28.0 Å². The van der Waals surface area contributed by atoms with Crippen molar-refractivity contribution >= 4 is 11.0 Å². The number of phenols is 4. The molecule has 0 amide bonds. The Morgan fingerprint density at radius 2 is 1.61 bits per heavy atom. The fraction of sp³-hybridized carbons (Fsp3) is 0.250. The Balaban J connectivity index is 1.93. The first-order chi connectivity index (χ1) is 14.7. The highest BCUT2D eigenvalue weighted by Gasteiger charge is 2.40. The van der Waals surface area contributed by atoms with Crippen LogP contribution in [0.25, 0.3) is 22.3 Å². The van der Waals surface area contributed by atoms with Crippen LogP contribution >= 0.6 is 0 Å². The SMILES string of the molecule is O=c1c(O[C@@H]2OC[C@@H](O)[C@@H](O)[C@@H]2O)c(-c2ccc(O)cc2O)oc2cc(O)cc(O)c12. The van der Waals surface area contributed by atoms with Crippen molar-refractivity contribution < 1.29 is 49.6 Å². The van der Waals surface area contributed by atoms with Crippen molar-refractivity contribution in [2.75, 3.05) is 6.61 Å². The highest BCUT2D eigenvalue weighted by Crippen LogP contribution is 2.40. The average Bonchev–Trinajstić information content (AvgIpc) is 2.69. The fourth-order valence-corrected chi connectivity index (χ4v) is 3.26. The van der Waals surface area contributed by atoms with Gasteiger partial charge in [0.15, 0.2) is 5.76 Å². The van der Waals surface area contributed by atoms with Gasteiger partial charge < -0.3 is 49.6 Å². The van der Waals surface area contributed by atoms with Crippen LogP contribution < -0.4 is 10.2 Å². The lowest BCUT2D eigenvalue weighted by atomic mass is 10.1. The summed E-state index contributed by atoms with van der Waals surface area (Å²) in [6.07, 6.45) is -6.35. The molecule has 1 saturated heterocycles. The third kappa shape index (κ3) is 3.59. The number of rotatable bonds is 3. The molecular weight excluding hydrogens is 416 g/mol. The van der Waals surface area contributed by atoms with Gasteiger partial charge in [-0.1, -0.05) is 0 Å². The largest absolute Gasteiger partial charge is 0.508 e. The van der Waals surface area contributed by atoms with Crippen LogP contribution in [-0.4, -0.2) is 67.0 Å². The Kier molecular flexibility index (Phi) is 5.11. The van der Waals surface area contributed by atoms with Crippen LogP contribution in [0.5, 0.6) is 28.7 Å². The highest BCUT2D eigenvalue weighted by atomic mass is 16.7. The van der Waals surface area contributed by atoms with Gasteiger partial charge in [0.2, 0.25) is 17.5 Å². The summed E-state index contributed by atoms with van der Waals surface area (Å²) in [5, 5.41) is 68.9. The van der Waals surface area contributed by atoms with Crippen molar-refractivity contribution in [3.8, 4) is 40.1 Å². The maximum Gasteiger partial charge on any atom is 0.239 e. The number of hydrogen-bond acceptors (Lipinski definition) is 11. The molecule has 1 aromatic heterocycles. The molecule has 0 radical (unpaired) electrons. The summed E-state index contributed by atoms with van der Waals surface area (Å²) in [6, 6.07) is 5.38. The van der Waals surface area contributed by atoms with Crippen LogP contribution in [-0.2, 0) is 4.74 Å². The molecule has 2 heterocycles. The Morgan fingerprint density at radius 1 is 0.903 bits per heavy atom. The standard InChI is InChI=1S/C20H18O11/c21-7-1-2-9(10(23)3-7)18-19(31-20-17(28)15(26)12(25)6-29-20)16(27)14-11(24)4-8(22)5-13(14)30-18/h1-5,12,15,17,20-26,28H,6H2/t12-,15-,17+,20+/m1/s1. The Bertz CT molecular complexity index is 1200. The number of fused-ring (bicyclic) bond motifs is 1. The van der Waals surface area contributed by atoms with E-state index in [1.807, 2.05) is 0 Å². The molecule has 7 N–H and O–H groups in total. The van der Waals surface area contributed by atoms with Gasteiger partial charge in [-0.05, 0) is 12.1 Å². The molecule has 0 saturated carbocycles. The lowest BCUT2D eigenvalue weighted by molar-refractivity contribution is -0.242. The maximum atomic E-state index is 13.2. The van der Waals surface area contributed by atoms with E-state index in [1.54, 1.807) is 0 Å². The minimum Gasteiger partial charge on any atom is -0.508 e. The molecular formula is C20H18O11. The topological polar surface area (TPSA) is 190 Å². The summed E-state index contributed by atoms with van der Waals surface area (Å²) in [5.41, 5.74) is -1.27. The van der Waals surface area contributed by atoms with Crippen LogP contribution in [0.4, 0.5) is 0 Å². The molecule has 1 fully saturated rings. The van der Waals surface area contributed by atoms with Gasteiger partial charge in [0.25, 0.3) is 0 Å². The predicted octanol–water partition coefficient (Wildman–Crippen LogP) is 0.100. The van der Waals surface area contributed by atoms with Gasteiger partial charge in [0, 0.05) is 18.2 Å². The van der Waals surface area contributed by atoms with Gasteiger partial charge in [0.05, 0.1) is 12.2 Å². The number of hydrogen-bond donors (Lipinski definition) is 7. The second-order valence-corrected chi connectivity index (χ2v) is 7.00. The highest BCUT2D eigenvalue weighted by molar-refractivity contribution is 5.88. The summed E-state index contributed by atoms with van der Waals surface area (Å²) in [6.45, 7) is -0.402. The van der Waals surface area contributed by atoms with Crippen molar-refractivity contribution in [1.29, 1.82) is 0 Å². The maximum absolute atomic E-state index is 13.2. The van der Waals surface area contributed by atoms with Crippen molar-refractivity contribution in [2.45, 2.75) is 24.6 Å². The summed E-state index contributed by atoms with van der Waals surface area (Å²) in [7, 11) is 0. The Hall–Kier alpha value is -3.51. The van der Waals surface area contributed by atoms with Crippen molar-refractivity contribution in [1.82, 2.24) is 0 Å². The zero-order chi connectivity index (χ0) is 22.4. The number of benzene rings is 2. The summed E-state index contributed by atoms with van der Waals surface area (Å²) < 4.78 is 16.3. The van der Waals surface area contributed by atoms with Gasteiger partial charge in [-0.2, -0.15) is 0 Å². The molecule has 2 aromatic carbocycles. The van der Waals surface area contributed by atoms with E-state index >= 15 is 0 Å². The monoisotopic (exact) mass is 434 g/mol. The van der Waals surface area contributed by atoms with E-state index in [4.69, 9.17) is 13.9 Å². The van der Waals surface area contributed by atoms with E-state index in [0.29, 0.717) is 0 Å². The second-order valence-electron chi connectivity index (χ2n) is 7.00. The smallest absolute Gasteiger partial charge is 0.239 e. The first-order valence-electron chi connectivity index (χ1n) is 9.05. The second kappa shape index (κ2) is 7.63. The quantitative estimate of drug-likeness (QED) is 0.296. The van der Waals surface area contributed by atoms with Crippen LogP contribution in [0.2, 0.25) is 0 Å². The number of aromatic hydroxyl groups is 4. The molecule has 11 heteroatoms. The van der Waals surface area contributed by atoms with Gasteiger partial charge in [-0.15, -0.1) is 0 Å². The molecule has 11 nitrogen and oxygen atoms in total. The van der Waals surface area contributed by atoms with E-state index in [1.165, 1.54) is 12.1 Å². The molecule has 0 aliphatic carbocycles. The summed E-state index contributed by atoms with van der Waals surface area (Å²) in [5.74, 6) is -2.73. The van der Waals surface area contributed by atoms with Crippen LogP contribution in [0, 0.1) is 0 Å². The van der Waals surface area contributed by atoms with Crippen LogP contribution in [0.1, 0.15) is 0 Å². The molecule has 1 aliphatic rings. The van der Waals surface area contributed by atoms with Gasteiger partial charge in [0.1, 0.15) is 52.3 Å². The van der Waals surface area contributed by atoms with Gasteiger partial charge in [-0.3, -0.25) is 4.79 Å². The van der Waals surface area contributed by atoms with E-state index in [0.717, 1.165) is 18.2 Å². The van der Waals surface area contributed by atoms with Gasteiger partial charge >= 0.3 is 0 Å². The molecule has 4 rings (SSSR count). The normalized spacial score (nSPS) is 23.7. The molecule has 0 spiro atoms. The van der Waals surface area contributed by atoms with Crippen molar-refractivity contribution in [3.05, 3.63) is 40.6 Å². The van der Waals surface area contributed by atoms with Gasteiger partial charge in [-0.25, -0.2) is 0 Å². The van der Waals surface area contributed by atoms with E-state index < -0.39 is 59.6 Å². The summed E-state index contributed by atoms with van der Waals surface area (Å²) in [4.78, 5) is 13.2. The predicted molar refractivity (Wildman–Crippen MR) is 103 cm³/mol. The number of aliphatic hydroxyl groups excluding tert-OH is 3. The van der Waals surface area contributed by atoms with E-state index in [9.17, 15) is 40.5 Å². The molecule has 0 bridgehead atoms. The van der Waals surface area contributed by atoms with Crippen LogP contribution in [0.3, 0.4) is 0 Å². The number of ether oxygens (including phenoxy) is 2. The lowest BCUT2D eigenvalue weighted by Gasteiger charge is -2.34. The average molecular weight is 434 g/mol. The van der Waals surface area contributed by atoms with Crippen LogP contribution in [0.15, 0.2) is 39.5 Å². The Labute approximate surface area is 173 Å².